The van der Waals surface area contributed by atoms with Crippen molar-refractivity contribution in [1.29, 1.82) is 0 Å². The van der Waals surface area contributed by atoms with Crippen molar-refractivity contribution >= 4 is 34.5 Å². The molecule has 5 nitrogen and oxygen atoms in total. The summed E-state index contributed by atoms with van der Waals surface area (Å²) < 4.78 is 0. The SMILES string of the molecule is CC(C)(C)C(=O)N1CCN(C(=O)Cc2csc(-c3cccs3)n2)CC1. The van der Waals surface area contributed by atoms with Crippen LogP contribution in [0.25, 0.3) is 9.88 Å². The van der Waals surface area contributed by atoms with Crippen LogP contribution in [0.5, 0.6) is 0 Å². The van der Waals surface area contributed by atoms with E-state index in [1.54, 1.807) is 22.7 Å². The molecule has 0 unspecified atom stereocenters. The van der Waals surface area contributed by atoms with Crippen molar-refractivity contribution in [3.63, 3.8) is 0 Å². The number of thiophene rings is 1. The number of carbonyl (C=O) groups excluding carboxylic acids is 2. The van der Waals surface area contributed by atoms with Crippen molar-refractivity contribution < 1.29 is 9.59 Å². The van der Waals surface area contributed by atoms with Gasteiger partial charge in [-0.25, -0.2) is 4.98 Å². The Morgan fingerprint density at radius 3 is 2.40 bits per heavy atom. The number of hydrogen-bond acceptors (Lipinski definition) is 5. The zero-order valence-electron chi connectivity index (χ0n) is 14.8. The third-order valence-electron chi connectivity index (χ3n) is 4.18. The molecule has 0 bridgehead atoms. The normalized spacial score (nSPS) is 15.5. The molecule has 0 atom stereocenters. The fraction of sp³-hybridized carbons (Fsp3) is 0.500. The van der Waals surface area contributed by atoms with Gasteiger partial charge in [-0.1, -0.05) is 26.8 Å². The number of carbonyl (C=O) groups is 2. The standard InChI is InChI=1S/C18H23N3O2S2/c1-18(2,3)17(23)21-8-6-20(7-9-21)15(22)11-13-12-25-16(19-13)14-5-4-10-24-14/h4-5,10,12H,6-9,11H2,1-3H3. The fourth-order valence-corrected chi connectivity index (χ4v) is 4.44. The molecule has 1 fully saturated rings. The van der Waals surface area contributed by atoms with Gasteiger partial charge in [-0.15, -0.1) is 22.7 Å². The molecule has 0 aromatic carbocycles. The molecule has 0 spiro atoms. The first-order valence-corrected chi connectivity index (χ1v) is 10.2. The maximum atomic E-state index is 12.5. The highest BCUT2D eigenvalue weighted by Gasteiger charge is 2.30. The van der Waals surface area contributed by atoms with Crippen LogP contribution in [0, 0.1) is 5.41 Å². The minimum atomic E-state index is -0.370. The van der Waals surface area contributed by atoms with Gasteiger partial charge < -0.3 is 9.80 Å². The van der Waals surface area contributed by atoms with Gasteiger partial charge in [-0.2, -0.15) is 0 Å². The van der Waals surface area contributed by atoms with Crippen molar-refractivity contribution in [3.8, 4) is 9.88 Å². The predicted molar refractivity (Wildman–Crippen MR) is 102 cm³/mol. The van der Waals surface area contributed by atoms with Gasteiger partial charge >= 0.3 is 0 Å². The van der Waals surface area contributed by atoms with Crippen molar-refractivity contribution in [2.75, 3.05) is 26.2 Å². The van der Waals surface area contributed by atoms with E-state index in [-0.39, 0.29) is 17.2 Å². The minimum absolute atomic E-state index is 0.0888. The van der Waals surface area contributed by atoms with Crippen LogP contribution in [-0.4, -0.2) is 52.8 Å². The zero-order valence-corrected chi connectivity index (χ0v) is 16.5. The van der Waals surface area contributed by atoms with Crippen LogP contribution >= 0.6 is 22.7 Å². The smallest absolute Gasteiger partial charge is 0.228 e. The largest absolute Gasteiger partial charge is 0.339 e. The molecule has 0 saturated carbocycles. The van der Waals surface area contributed by atoms with Gasteiger partial charge in [-0.3, -0.25) is 9.59 Å². The van der Waals surface area contributed by atoms with Gasteiger partial charge in [-0.05, 0) is 11.4 Å². The second kappa shape index (κ2) is 7.25. The third kappa shape index (κ3) is 4.27. The molecule has 25 heavy (non-hydrogen) atoms. The number of thiazole rings is 1. The molecule has 0 radical (unpaired) electrons. The van der Waals surface area contributed by atoms with E-state index in [0.717, 1.165) is 15.6 Å². The average molecular weight is 378 g/mol. The Hall–Kier alpha value is -1.73. The first-order chi connectivity index (χ1) is 11.8. The summed E-state index contributed by atoms with van der Waals surface area (Å²) in [4.78, 5) is 34.3. The highest BCUT2D eigenvalue weighted by Crippen LogP contribution is 2.28. The second-order valence-electron chi connectivity index (χ2n) is 7.22. The zero-order chi connectivity index (χ0) is 18.0. The summed E-state index contributed by atoms with van der Waals surface area (Å²) in [7, 11) is 0. The van der Waals surface area contributed by atoms with Crippen LogP contribution < -0.4 is 0 Å². The van der Waals surface area contributed by atoms with Gasteiger partial charge in [0.15, 0.2) is 0 Å². The Kier molecular flexibility index (Phi) is 5.24. The van der Waals surface area contributed by atoms with E-state index in [4.69, 9.17) is 0 Å². The number of amides is 2. The maximum absolute atomic E-state index is 12.5. The van der Waals surface area contributed by atoms with Crippen molar-refractivity contribution in [2.24, 2.45) is 5.41 Å². The molecule has 134 valence electrons. The van der Waals surface area contributed by atoms with Crippen LogP contribution in [0.2, 0.25) is 0 Å². The van der Waals surface area contributed by atoms with E-state index < -0.39 is 0 Å². The van der Waals surface area contributed by atoms with Crippen LogP contribution in [0.15, 0.2) is 22.9 Å². The maximum Gasteiger partial charge on any atom is 0.228 e. The number of hydrogen-bond donors (Lipinski definition) is 0. The summed E-state index contributed by atoms with van der Waals surface area (Å²) in [5.74, 6) is 0.241. The van der Waals surface area contributed by atoms with Gasteiger partial charge in [0.1, 0.15) is 5.01 Å². The van der Waals surface area contributed by atoms with Crippen molar-refractivity contribution in [3.05, 3.63) is 28.6 Å². The summed E-state index contributed by atoms with van der Waals surface area (Å²) in [6.45, 7) is 8.21. The third-order valence-corrected chi connectivity index (χ3v) is 6.11. The molecule has 1 aliphatic heterocycles. The summed E-state index contributed by atoms with van der Waals surface area (Å²) in [5, 5.41) is 4.96. The molecule has 0 N–H and O–H groups in total. The van der Waals surface area contributed by atoms with Gasteiger partial charge in [0, 0.05) is 37.0 Å². The quantitative estimate of drug-likeness (QED) is 0.826. The molecule has 7 heteroatoms. The average Bonchev–Trinajstić information content (AvgIpc) is 3.24. The van der Waals surface area contributed by atoms with Crippen LogP contribution in [-0.2, 0) is 16.0 Å². The lowest BCUT2D eigenvalue weighted by Gasteiger charge is -2.37. The van der Waals surface area contributed by atoms with Crippen molar-refractivity contribution in [2.45, 2.75) is 27.2 Å². The Bertz CT molecular complexity index is 739. The Balaban J connectivity index is 1.54. The molecule has 3 heterocycles. The van der Waals surface area contributed by atoms with E-state index in [1.165, 1.54) is 0 Å². The number of aromatic nitrogens is 1. The first kappa shape index (κ1) is 18.1. The van der Waals surface area contributed by atoms with E-state index in [9.17, 15) is 9.59 Å². The van der Waals surface area contributed by atoms with E-state index in [2.05, 4.69) is 4.98 Å². The molecular weight excluding hydrogens is 354 g/mol. The van der Waals surface area contributed by atoms with Gasteiger partial charge in [0.05, 0.1) is 17.0 Å². The lowest BCUT2D eigenvalue weighted by molar-refractivity contribution is -0.144. The summed E-state index contributed by atoms with van der Waals surface area (Å²) in [6.07, 6.45) is 0.328. The first-order valence-electron chi connectivity index (χ1n) is 8.40. The molecule has 1 aliphatic rings. The highest BCUT2D eigenvalue weighted by molar-refractivity contribution is 7.20. The number of rotatable bonds is 3. The Labute approximate surface area is 156 Å². The van der Waals surface area contributed by atoms with Crippen LogP contribution in [0.1, 0.15) is 26.5 Å². The molecule has 2 aromatic heterocycles. The van der Waals surface area contributed by atoms with Crippen LogP contribution in [0.3, 0.4) is 0 Å². The fourth-order valence-electron chi connectivity index (χ4n) is 2.80. The summed E-state index contributed by atoms with van der Waals surface area (Å²) in [5.41, 5.74) is 0.455. The molecule has 2 amide bonds. The minimum Gasteiger partial charge on any atom is -0.339 e. The lowest BCUT2D eigenvalue weighted by Crippen LogP contribution is -2.53. The van der Waals surface area contributed by atoms with E-state index >= 15 is 0 Å². The lowest BCUT2D eigenvalue weighted by atomic mass is 9.94. The summed E-state index contributed by atoms with van der Waals surface area (Å²) in [6, 6.07) is 4.05. The van der Waals surface area contributed by atoms with E-state index in [0.29, 0.717) is 32.6 Å². The molecule has 0 aliphatic carbocycles. The predicted octanol–water partition coefficient (Wildman–Crippen LogP) is 3.13. The molecular formula is C18H23N3O2S2. The molecule has 3 rings (SSSR count). The number of nitrogens with zero attached hydrogens (tertiary/aromatic N) is 3. The highest BCUT2D eigenvalue weighted by atomic mass is 32.1. The Morgan fingerprint density at radius 1 is 1.12 bits per heavy atom. The Morgan fingerprint density at radius 2 is 1.80 bits per heavy atom. The van der Waals surface area contributed by atoms with E-state index in [1.807, 2.05) is 53.5 Å². The monoisotopic (exact) mass is 377 g/mol. The second-order valence-corrected chi connectivity index (χ2v) is 9.03. The summed E-state index contributed by atoms with van der Waals surface area (Å²) >= 11 is 3.23. The van der Waals surface area contributed by atoms with Crippen molar-refractivity contribution in [1.82, 2.24) is 14.8 Å². The topological polar surface area (TPSA) is 53.5 Å². The molecule has 1 saturated heterocycles. The van der Waals surface area contributed by atoms with Gasteiger partial charge in [0.2, 0.25) is 11.8 Å². The van der Waals surface area contributed by atoms with Gasteiger partial charge in [0.25, 0.3) is 0 Å². The number of piperazine rings is 1. The molecule has 2 aromatic rings. The van der Waals surface area contributed by atoms with Crippen LogP contribution in [0.4, 0.5) is 0 Å².